The van der Waals surface area contributed by atoms with E-state index in [1.807, 2.05) is 13.8 Å². The van der Waals surface area contributed by atoms with Gasteiger partial charge in [0.15, 0.2) is 0 Å². The maximum Gasteiger partial charge on any atom is 0.297 e. The van der Waals surface area contributed by atoms with Crippen molar-refractivity contribution in [3.05, 3.63) is 111 Å². The van der Waals surface area contributed by atoms with Crippen molar-refractivity contribution in [1.82, 2.24) is 14.5 Å². The number of carbonyl (C=O) groups is 1. The summed E-state index contributed by atoms with van der Waals surface area (Å²) in [5.41, 5.74) is 6.67. The standard InChI is InChI=1S/C31H29F3N4O3/c1-17(2)27(37(12-11-35)30(39)20-8-7-18(3)24(34)14-20)29-36-26-23-15-22(33)9-10-25(23)41-28(26)31(40)38(29)16-19-5-4-6-21(32)13-19/h4-10,13-15,17,27H,11-12,16,35H2,1-3H3/t27-/m1/s1. The summed E-state index contributed by atoms with van der Waals surface area (Å²) in [6.07, 6.45) is 0. The van der Waals surface area contributed by atoms with Crippen LogP contribution >= 0.6 is 0 Å². The lowest BCUT2D eigenvalue weighted by atomic mass is 9.99. The van der Waals surface area contributed by atoms with Gasteiger partial charge in [-0.1, -0.05) is 32.0 Å². The molecular formula is C31H29F3N4O3. The van der Waals surface area contributed by atoms with Gasteiger partial charge in [-0.25, -0.2) is 18.2 Å². The largest absolute Gasteiger partial charge is 0.448 e. The zero-order chi connectivity index (χ0) is 29.4. The SMILES string of the molecule is Cc1ccc(C(=O)N(CCN)[C@@H](c2nc3c(oc4ccc(F)cc43)c(=O)n2Cc2cccc(F)c2)C(C)C)cc1F. The van der Waals surface area contributed by atoms with Crippen LogP contribution in [-0.2, 0) is 6.54 Å². The zero-order valence-corrected chi connectivity index (χ0v) is 22.8. The predicted octanol–water partition coefficient (Wildman–Crippen LogP) is 5.71. The molecule has 0 saturated heterocycles. The molecule has 0 bridgehead atoms. The lowest BCUT2D eigenvalue weighted by Gasteiger charge is -2.35. The lowest BCUT2D eigenvalue weighted by Crippen LogP contribution is -2.43. The van der Waals surface area contributed by atoms with Gasteiger partial charge < -0.3 is 15.1 Å². The highest BCUT2D eigenvalue weighted by Crippen LogP contribution is 2.33. The Hall–Kier alpha value is -4.44. The average molecular weight is 563 g/mol. The number of fused-ring (bicyclic) bond motifs is 3. The number of hydrogen-bond acceptors (Lipinski definition) is 5. The van der Waals surface area contributed by atoms with Gasteiger partial charge in [0, 0.05) is 24.0 Å². The molecule has 0 aliphatic carbocycles. The molecule has 0 fully saturated rings. The highest BCUT2D eigenvalue weighted by molar-refractivity contribution is 6.02. The molecule has 2 aromatic heterocycles. The van der Waals surface area contributed by atoms with Crippen LogP contribution in [0.25, 0.3) is 22.1 Å². The third-order valence-corrected chi connectivity index (χ3v) is 7.08. The minimum atomic E-state index is -0.820. The first-order chi connectivity index (χ1) is 19.6. The van der Waals surface area contributed by atoms with Crippen LogP contribution in [0.15, 0.2) is 69.9 Å². The normalized spacial score (nSPS) is 12.4. The van der Waals surface area contributed by atoms with E-state index in [1.165, 1.54) is 64.1 Å². The predicted molar refractivity (Wildman–Crippen MR) is 150 cm³/mol. The van der Waals surface area contributed by atoms with Crippen LogP contribution in [0.2, 0.25) is 0 Å². The second-order valence-electron chi connectivity index (χ2n) is 10.4. The van der Waals surface area contributed by atoms with Gasteiger partial charge in [0.25, 0.3) is 11.5 Å². The molecular weight excluding hydrogens is 533 g/mol. The van der Waals surface area contributed by atoms with Crippen LogP contribution in [0, 0.1) is 30.3 Å². The van der Waals surface area contributed by atoms with E-state index in [2.05, 4.69) is 0 Å². The molecule has 0 radical (unpaired) electrons. The Morgan fingerprint density at radius 1 is 1.05 bits per heavy atom. The van der Waals surface area contributed by atoms with E-state index in [-0.39, 0.29) is 53.6 Å². The fraction of sp³-hybridized carbons (Fsp3) is 0.258. The third-order valence-electron chi connectivity index (χ3n) is 7.08. The van der Waals surface area contributed by atoms with E-state index in [0.29, 0.717) is 16.5 Å². The second-order valence-corrected chi connectivity index (χ2v) is 10.4. The number of carbonyl (C=O) groups excluding carboxylic acids is 1. The van der Waals surface area contributed by atoms with E-state index in [4.69, 9.17) is 15.1 Å². The summed E-state index contributed by atoms with van der Waals surface area (Å²) < 4.78 is 50.0. The molecule has 1 amide bonds. The summed E-state index contributed by atoms with van der Waals surface area (Å²) in [7, 11) is 0. The van der Waals surface area contributed by atoms with Crippen molar-refractivity contribution in [2.45, 2.75) is 33.4 Å². The molecule has 3 aromatic carbocycles. The van der Waals surface area contributed by atoms with Crippen molar-refractivity contribution in [3.63, 3.8) is 0 Å². The van der Waals surface area contributed by atoms with Crippen molar-refractivity contribution in [1.29, 1.82) is 0 Å². The van der Waals surface area contributed by atoms with E-state index < -0.39 is 35.0 Å². The number of furan rings is 1. The molecule has 212 valence electrons. The Labute approximate surface area is 234 Å². The highest BCUT2D eigenvalue weighted by atomic mass is 19.1. The Balaban J connectivity index is 1.77. The Bertz CT molecular complexity index is 1830. The van der Waals surface area contributed by atoms with E-state index in [9.17, 15) is 22.8 Å². The number of benzene rings is 3. The summed E-state index contributed by atoms with van der Waals surface area (Å²) in [4.78, 5) is 34.1. The van der Waals surface area contributed by atoms with Crippen molar-refractivity contribution in [2.24, 2.45) is 11.7 Å². The molecule has 41 heavy (non-hydrogen) atoms. The Morgan fingerprint density at radius 2 is 1.80 bits per heavy atom. The van der Waals surface area contributed by atoms with Gasteiger partial charge in [0.2, 0.25) is 5.58 Å². The van der Waals surface area contributed by atoms with E-state index in [1.54, 1.807) is 13.0 Å². The first kappa shape index (κ1) is 28.1. The molecule has 1 atom stereocenters. The zero-order valence-electron chi connectivity index (χ0n) is 22.8. The molecule has 0 spiro atoms. The fourth-order valence-corrected chi connectivity index (χ4v) is 5.11. The number of amides is 1. The molecule has 2 heterocycles. The number of aromatic nitrogens is 2. The van der Waals surface area contributed by atoms with Gasteiger partial charge in [-0.3, -0.25) is 14.2 Å². The van der Waals surface area contributed by atoms with Crippen molar-refractivity contribution >= 4 is 28.0 Å². The summed E-state index contributed by atoms with van der Waals surface area (Å²) in [5, 5.41) is 0.302. The molecule has 0 unspecified atom stereocenters. The lowest BCUT2D eigenvalue weighted by molar-refractivity contribution is 0.0612. The Kier molecular flexibility index (Phi) is 7.68. The number of nitrogens with zero attached hydrogens (tertiary/aromatic N) is 3. The van der Waals surface area contributed by atoms with Crippen LogP contribution in [0.1, 0.15) is 47.2 Å². The van der Waals surface area contributed by atoms with Crippen molar-refractivity contribution < 1.29 is 22.4 Å². The highest BCUT2D eigenvalue weighted by Gasteiger charge is 2.33. The maximum atomic E-state index is 14.5. The number of aryl methyl sites for hydroxylation is 1. The summed E-state index contributed by atoms with van der Waals surface area (Å²) in [6.45, 7) is 5.39. The molecule has 0 aliphatic heterocycles. The smallest absolute Gasteiger partial charge is 0.297 e. The van der Waals surface area contributed by atoms with Crippen molar-refractivity contribution in [3.8, 4) is 0 Å². The second kappa shape index (κ2) is 11.2. The fourth-order valence-electron chi connectivity index (χ4n) is 5.11. The summed E-state index contributed by atoms with van der Waals surface area (Å²) >= 11 is 0. The quantitative estimate of drug-likeness (QED) is 0.261. The first-order valence-electron chi connectivity index (χ1n) is 13.2. The number of halogens is 3. The van der Waals surface area contributed by atoms with E-state index in [0.717, 1.165) is 0 Å². The average Bonchev–Trinajstić information content (AvgIpc) is 3.29. The number of nitrogens with two attached hydrogens (primary N) is 1. The minimum absolute atomic E-state index is 0.0752. The molecule has 5 aromatic rings. The molecule has 5 rings (SSSR count). The first-order valence-corrected chi connectivity index (χ1v) is 13.2. The monoisotopic (exact) mass is 562 g/mol. The van der Waals surface area contributed by atoms with Crippen molar-refractivity contribution in [2.75, 3.05) is 13.1 Å². The molecule has 2 N–H and O–H groups in total. The van der Waals surface area contributed by atoms with Crippen LogP contribution in [0.3, 0.4) is 0 Å². The topological polar surface area (TPSA) is 94.4 Å². The van der Waals surface area contributed by atoms with Crippen LogP contribution < -0.4 is 11.3 Å². The maximum absolute atomic E-state index is 14.5. The number of rotatable bonds is 8. The molecule has 0 aliphatic rings. The van der Waals surface area contributed by atoms with Crippen LogP contribution in [0.5, 0.6) is 0 Å². The van der Waals surface area contributed by atoms with Crippen LogP contribution in [0.4, 0.5) is 13.2 Å². The summed E-state index contributed by atoms with van der Waals surface area (Å²) in [5.74, 6) is -2.16. The molecule has 0 saturated carbocycles. The molecule has 10 heteroatoms. The summed E-state index contributed by atoms with van der Waals surface area (Å²) in [6, 6.07) is 13.1. The van der Waals surface area contributed by atoms with Gasteiger partial charge >= 0.3 is 0 Å². The number of hydrogen-bond donors (Lipinski definition) is 1. The minimum Gasteiger partial charge on any atom is -0.448 e. The van der Waals surface area contributed by atoms with Crippen LogP contribution in [-0.4, -0.2) is 33.4 Å². The van der Waals surface area contributed by atoms with Gasteiger partial charge in [-0.2, -0.15) is 0 Å². The van der Waals surface area contributed by atoms with Gasteiger partial charge in [0.1, 0.15) is 34.4 Å². The van der Waals surface area contributed by atoms with Gasteiger partial charge in [-0.15, -0.1) is 0 Å². The van der Waals surface area contributed by atoms with Gasteiger partial charge in [0.05, 0.1) is 12.6 Å². The Morgan fingerprint density at radius 3 is 2.49 bits per heavy atom. The van der Waals surface area contributed by atoms with E-state index >= 15 is 0 Å². The van der Waals surface area contributed by atoms with Gasteiger partial charge in [-0.05, 0) is 66.4 Å². The third kappa shape index (κ3) is 5.35. The molecule has 7 nitrogen and oxygen atoms in total.